The summed E-state index contributed by atoms with van der Waals surface area (Å²) in [7, 11) is 0. The summed E-state index contributed by atoms with van der Waals surface area (Å²) in [5.41, 5.74) is 2.35. The second-order valence-corrected chi connectivity index (χ2v) is 8.15. The average Bonchev–Trinajstić information content (AvgIpc) is 3.14. The van der Waals surface area contributed by atoms with Crippen molar-refractivity contribution in [1.29, 1.82) is 0 Å². The maximum Gasteiger partial charge on any atom is 0.357 e. The van der Waals surface area contributed by atoms with Crippen molar-refractivity contribution in [3.8, 4) is 0 Å². The van der Waals surface area contributed by atoms with E-state index in [0.29, 0.717) is 28.4 Å². The first-order valence-corrected chi connectivity index (χ1v) is 10.6. The van der Waals surface area contributed by atoms with Gasteiger partial charge in [-0.15, -0.1) is 11.3 Å². The van der Waals surface area contributed by atoms with E-state index in [1.165, 1.54) is 11.3 Å². The molecule has 1 saturated heterocycles. The Morgan fingerprint density at radius 2 is 2.19 bits per heavy atom. The molecule has 0 aliphatic carbocycles. The fourth-order valence-electron chi connectivity index (χ4n) is 3.02. The van der Waals surface area contributed by atoms with E-state index in [9.17, 15) is 4.79 Å². The number of hydrogen-bond donors (Lipinski definition) is 1. The molecule has 0 unspecified atom stereocenters. The maximum atomic E-state index is 11.8. The number of carbonyl (C=O) groups excluding carboxylic acids is 1. The highest BCUT2D eigenvalue weighted by Crippen LogP contribution is 2.31. The van der Waals surface area contributed by atoms with Crippen LogP contribution < -0.4 is 5.32 Å². The number of thiocarbonyl (C=S) groups is 1. The Bertz CT molecular complexity index is 832. The first kappa shape index (κ1) is 20.0. The molecule has 1 aliphatic heterocycles. The quantitative estimate of drug-likeness (QED) is 0.560. The number of ether oxygens (including phenoxy) is 1. The van der Waals surface area contributed by atoms with Crippen molar-refractivity contribution in [3.63, 3.8) is 0 Å². The number of likely N-dealkylation sites (tertiary alicyclic amines) is 1. The van der Waals surface area contributed by atoms with Gasteiger partial charge in [-0.05, 0) is 56.6 Å². The fourth-order valence-corrected chi connectivity index (χ4v) is 4.55. The number of carbonyl (C=O) groups is 1. The van der Waals surface area contributed by atoms with Crippen molar-refractivity contribution in [2.24, 2.45) is 0 Å². The zero-order valence-corrected chi connectivity index (χ0v) is 17.7. The SMILES string of the molecule is CCOC(=O)c1csc(C2CCN(C(=S)Nc3ccc(C)cc3Cl)CC2)n1. The summed E-state index contributed by atoms with van der Waals surface area (Å²) < 4.78 is 5.01. The molecule has 0 bridgehead atoms. The minimum Gasteiger partial charge on any atom is -0.461 e. The van der Waals surface area contributed by atoms with Crippen LogP contribution in [0.15, 0.2) is 23.6 Å². The molecule has 0 spiro atoms. The maximum absolute atomic E-state index is 11.8. The number of aryl methyl sites for hydroxylation is 1. The van der Waals surface area contributed by atoms with Crippen LogP contribution in [0.25, 0.3) is 0 Å². The summed E-state index contributed by atoms with van der Waals surface area (Å²) in [4.78, 5) is 18.4. The lowest BCUT2D eigenvalue weighted by atomic mass is 9.98. The minimum absolute atomic E-state index is 0.347. The van der Waals surface area contributed by atoms with Gasteiger partial charge in [-0.1, -0.05) is 17.7 Å². The molecule has 2 aromatic rings. The van der Waals surface area contributed by atoms with Gasteiger partial charge in [0.05, 0.1) is 22.3 Å². The second-order valence-electron chi connectivity index (χ2n) is 6.47. The van der Waals surface area contributed by atoms with E-state index >= 15 is 0 Å². The van der Waals surface area contributed by atoms with Gasteiger partial charge in [-0.2, -0.15) is 0 Å². The number of rotatable bonds is 4. The molecule has 27 heavy (non-hydrogen) atoms. The van der Waals surface area contributed by atoms with Gasteiger partial charge in [0, 0.05) is 24.4 Å². The molecule has 0 saturated carbocycles. The van der Waals surface area contributed by atoms with Gasteiger partial charge in [-0.25, -0.2) is 9.78 Å². The van der Waals surface area contributed by atoms with Gasteiger partial charge >= 0.3 is 5.97 Å². The topological polar surface area (TPSA) is 54.5 Å². The van der Waals surface area contributed by atoms with Crippen LogP contribution in [0.2, 0.25) is 5.02 Å². The summed E-state index contributed by atoms with van der Waals surface area (Å²) >= 11 is 13.4. The summed E-state index contributed by atoms with van der Waals surface area (Å²) in [5.74, 6) is -0.00187. The number of aromatic nitrogens is 1. The molecule has 0 radical (unpaired) electrons. The van der Waals surface area contributed by atoms with E-state index in [0.717, 1.165) is 42.2 Å². The zero-order valence-electron chi connectivity index (χ0n) is 15.3. The largest absolute Gasteiger partial charge is 0.461 e. The third-order valence-electron chi connectivity index (χ3n) is 4.50. The predicted octanol–water partition coefficient (Wildman–Crippen LogP) is 4.86. The van der Waals surface area contributed by atoms with Gasteiger partial charge in [0.2, 0.25) is 0 Å². The van der Waals surface area contributed by atoms with E-state index in [1.54, 1.807) is 12.3 Å². The number of hydrogen-bond acceptors (Lipinski definition) is 5. The molecule has 1 fully saturated rings. The highest BCUT2D eigenvalue weighted by molar-refractivity contribution is 7.80. The van der Waals surface area contributed by atoms with Crippen LogP contribution in [0, 0.1) is 6.92 Å². The van der Waals surface area contributed by atoms with E-state index in [-0.39, 0.29) is 5.97 Å². The Labute approximate surface area is 173 Å². The lowest BCUT2D eigenvalue weighted by molar-refractivity contribution is 0.0520. The highest BCUT2D eigenvalue weighted by atomic mass is 35.5. The number of nitrogens with one attached hydrogen (secondary N) is 1. The Hall–Kier alpha value is -1.70. The Morgan fingerprint density at radius 1 is 1.44 bits per heavy atom. The van der Waals surface area contributed by atoms with Crippen LogP contribution in [0.5, 0.6) is 0 Å². The predicted molar refractivity (Wildman–Crippen MR) is 114 cm³/mol. The van der Waals surface area contributed by atoms with E-state index in [2.05, 4.69) is 15.2 Å². The molecule has 1 N–H and O–H groups in total. The number of anilines is 1. The summed E-state index contributed by atoms with van der Waals surface area (Å²) in [6.45, 7) is 5.84. The molecule has 1 aromatic heterocycles. The number of halogens is 1. The van der Waals surface area contributed by atoms with Crippen molar-refractivity contribution in [2.75, 3.05) is 25.0 Å². The minimum atomic E-state index is -0.349. The van der Waals surface area contributed by atoms with E-state index in [4.69, 9.17) is 28.6 Å². The lowest BCUT2D eigenvalue weighted by Gasteiger charge is -2.33. The van der Waals surface area contributed by atoms with Gasteiger partial charge in [0.25, 0.3) is 0 Å². The van der Waals surface area contributed by atoms with E-state index < -0.39 is 0 Å². The zero-order chi connectivity index (χ0) is 19.4. The molecule has 2 heterocycles. The molecule has 1 aliphatic rings. The van der Waals surface area contributed by atoms with Gasteiger partial charge < -0.3 is 15.0 Å². The number of esters is 1. The fraction of sp³-hybridized carbons (Fsp3) is 0.421. The molecule has 5 nitrogen and oxygen atoms in total. The summed E-state index contributed by atoms with van der Waals surface area (Å²) in [6.07, 6.45) is 1.89. The molecular formula is C19H22ClN3O2S2. The van der Waals surface area contributed by atoms with Crippen molar-refractivity contribution >= 4 is 51.9 Å². The number of nitrogens with zero attached hydrogens (tertiary/aromatic N) is 2. The van der Waals surface area contributed by atoms with Crippen LogP contribution in [0.4, 0.5) is 5.69 Å². The Kier molecular flexibility index (Phi) is 6.68. The highest BCUT2D eigenvalue weighted by Gasteiger charge is 2.25. The monoisotopic (exact) mass is 423 g/mol. The van der Waals surface area contributed by atoms with Crippen LogP contribution in [0.1, 0.15) is 46.7 Å². The van der Waals surface area contributed by atoms with Crippen molar-refractivity contribution < 1.29 is 9.53 Å². The number of thiazole rings is 1. The molecule has 0 atom stereocenters. The lowest BCUT2D eigenvalue weighted by Crippen LogP contribution is -2.40. The average molecular weight is 424 g/mol. The smallest absolute Gasteiger partial charge is 0.357 e. The third-order valence-corrected chi connectivity index (χ3v) is 6.18. The van der Waals surface area contributed by atoms with Crippen LogP contribution in [-0.4, -0.2) is 40.7 Å². The normalized spacial score (nSPS) is 14.9. The van der Waals surface area contributed by atoms with Crippen LogP contribution >= 0.6 is 35.2 Å². The molecule has 144 valence electrons. The van der Waals surface area contributed by atoms with Crippen LogP contribution in [-0.2, 0) is 4.74 Å². The number of benzene rings is 1. The van der Waals surface area contributed by atoms with Gasteiger partial charge in [0.1, 0.15) is 0 Å². The molecule has 8 heteroatoms. The van der Waals surface area contributed by atoms with Crippen molar-refractivity contribution in [3.05, 3.63) is 44.9 Å². The molecule has 1 aromatic carbocycles. The second kappa shape index (κ2) is 8.99. The number of piperidine rings is 1. The molecular weight excluding hydrogens is 402 g/mol. The first-order valence-electron chi connectivity index (χ1n) is 8.92. The van der Waals surface area contributed by atoms with Crippen molar-refractivity contribution in [2.45, 2.75) is 32.6 Å². The molecule has 3 rings (SSSR count). The Balaban J connectivity index is 1.55. The Morgan fingerprint density at radius 3 is 2.85 bits per heavy atom. The molecule has 0 amide bonds. The van der Waals surface area contributed by atoms with Gasteiger partial charge in [-0.3, -0.25) is 0 Å². The van der Waals surface area contributed by atoms with Crippen molar-refractivity contribution in [1.82, 2.24) is 9.88 Å². The van der Waals surface area contributed by atoms with E-state index in [1.807, 2.05) is 25.1 Å². The van der Waals surface area contributed by atoms with Crippen LogP contribution in [0.3, 0.4) is 0 Å². The van der Waals surface area contributed by atoms with Gasteiger partial charge in [0.15, 0.2) is 10.8 Å². The third kappa shape index (κ3) is 4.97. The summed E-state index contributed by atoms with van der Waals surface area (Å²) in [6, 6.07) is 5.87. The standard InChI is InChI=1S/C19H22ClN3O2S2/c1-3-25-18(24)16-11-27-17(21-16)13-6-8-23(9-7-13)19(26)22-15-5-4-12(2)10-14(15)20/h4-5,10-11,13H,3,6-9H2,1-2H3,(H,22,26). The summed E-state index contributed by atoms with van der Waals surface area (Å²) in [5, 5.41) is 7.38. The first-order chi connectivity index (χ1) is 13.0.